The molecule has 8 heteroatoms. The lowest BCUT2D eigenvalue weighted by Crippen LogP contribution is -2.11. The van der Waals surface area contributed by atoms with Crippen LogP contribution in [-0.2, 0) is 0 Å². The number of aromatic nitrogens is 3. The summed E-state index contributed by atoms with van der Waals surface area (Å²) in [5.41, 5.74) is 1.57. The average molecular weight is 408 g/mol. The first kappa shape index (κ1) is 19.1. The van der Waals surface area contributed by atoms with Crippen LogP contribution < -0.4 is 0 Å². The Morgan fingerprint density at radius 2 is 1.79 bits per heavy atom. The number of fused-ring (bicyclic) bond motifs is 1. The third-order valence-corrected chi connectivity index (χ3v) is 5.78. The quantitative estimate of drug-likeness (QED) is 0.256. The molecule has 0 saturated carbocycles. The maximum Gasteiger partial charge on any atom is 0.220 e. The molecule has 0 unspecified atom stereocenters. The van der Waals surface area contributed by atoms with Crippen molar-refractivity contribution >= 4 is 22.5 Å². The van der Waals surface area contributed by atoms with Gasteiger partial charge in [-0.2, -0.15) is 0 Å². The van der Waals surface area contributed by atoms with Gasteiger partial charge in [0.2, 0.25) is 6.54 Å². The number of hydrogen-bond donors (Lipinski definition) is 0. The molecule has 0 spiro atoms. The minimum Gasteiger partial charge on any atom is -0.274 e. The van der Waals surface area contributed by atoms with Gasteiger partial charge < -0.3 is 0 Å². The predicted octanol–water partition coefficient (Wildman–Crippen LogP) is 4.98. The number of aryl methyl sites for hydroxylation is 1. The van der Waals surface area contributed by atoms with Crippen LogP contribution in [-0.4, -0.2) is 26.2 Å². The van der Waals surface area contributed by atoms with Gasteiger partial charge in [0.1, 0.15) is 16.9 Å². The molecule has 1 heterocycles. The lowest BCUT2D eigenvalue weighted by atomic mass is 10.0. The molecule has 4 aromatic rings. The lowest BCUT2D eigenvalue weighted by molar-refractivity contribution is -0.479. The van der Waals surface area contributed by atoms with Crippen LogP contribution in [0.2, 0.25) is 0 Å². The third kappa shape index (κ3) is 3.97. The molecule has 3 aromatic carbocycles. The van der Waals surface area contributed by atoms with Crippen LogP contribution in [0.15, 0.2) is 71.9 Å². The molecule has 0 bridgehead atoms. The van der Waals surface area contributed by atoms with Crippen molar-refractivity contribution in [2.24, 2.45) is 0 Å². The molecular weight excluding hydrogens is 391 g/mol. The van der Waals surface area contributed by atoms with E-state index in [9.17, 15) is 14.5 Å². The van der Waals surface area contributed by atoms with Crippen molar-refractivity contribution < 1.29 is 9.31 Å². The average Bonchev–Trinajstić information content (AvgIpc) is 3.07. The van der Waals surface area contributed by atoms with Crippen molar-refractivity contribution in [1.82, 2.24) is 14.8 Å². The molecule has 1 atom stereocenters. The number of rotatable bonds is 6. The van der Waals surface area contributed by atoms with Gasteiger partial charge in [0, 0.05) is 10.6 Å². The van der Waals surface area contributed by atoms with E-state index in [1.807, 2.05) is 42.5 Å². The largest absolute Gasteiger partial charge is 0.274 e. The molecule has 146 valence electrons. The summed E-state index contributed by atoms with van der Waals surface area (Å²) in [5, 5.41) is 21.8. The van der Waals surface area contributed by atoms with E-state index in [1.54, 1.807) is 23.6 Å². The summed E-state index contributed by atoms with van der Waals surface area (Å²) in [7, 11) is 0. The van der Waals surface area contributed by atoms with Crippen LogP contribution >= 0.6 is 11.8 Å². The molecule has 0 radical (unpaired) electrons. The highest BCUT2D eigenvalue weighted by atomic mass is 32.2. The molecule has 6 nitrogen and oxygen atoms in total. The molecule has 0 aliphatic heterocycles. The van der Waals surface area contributed by atoms with E-state index in [0.717, 1.165) is 16.3 Å². The number of thioether (sulfide) groups is 1. The maximum absolute atomic E-state index is 13.3. The topological polar surface area (TPSA) is 73.8 Å². The highest BCUT2D eigenvalue weighted by Gasteiger charge is 2.25. The number of nitrogens with zero attached hydrogens (tertiary/aromatic N) is 4. The van der Waals surface area contributed by atoms with Crippen LogP contribution in [0, 0.1) is 22.9 Å². The Balaban J connectivity index is 1.77. The minimum absolute atomic E-state index is 0.256. The van der Waals surface area contributed by atoms with E-state index in [1.165, 1.54) is 23.9 Å². The number of nitro groups is 1. The number of halogens is 1. The SMILES string of the molecule is Cc1nnc(S[C@H](C[N+](=O)[O-])c2cccc3ccccc23)n1-c1ccc(F)cc1. The first-order chi connectivity index (χ1) is 14.0. The second kappa shape index (κ2) is 8.00. The summed E-state index contributed by atoms with van der Waals surface area (Å²) in [6.45, 7) is 1.54. The Bertz CT molecular complexity index is 1170. The van der Waals surface area contributed by atoms with Crippen LogP contribution in [0.25, 0.3) is 16.5 Å². The normalized spacial score (nSPS) is 12.2. The molecule has 0 aliphatic rings. The van der Waals surface area contributed by atoms with Gasteiger partial charge in [-0.25, -0.2) is 4.39 Å². The second-order valence-corrected chi connectivity index (χ2v) is 7.70. The van der Waals surface area contributed by atoms with Gasteiger partial charge >= 0.3 is 0 Å². The van der Waals surface area contributed by atoms with Crippen molar-refractivity contribution in [3.63, 3.8) is 0 Å². The molecule has 0 N–H and O–H groups in total. The Morgan fingerprint density at radius 3 is 2.55 bits per heavy atom. The standard InChI is InChI=1S/C21H17FN4O2S/c1-14-23-24-21(26(14)17-11-9-16(22)10-12-17)29-20(13-25(27)28)19-8-4-6-15-5-2-3-7-18(15)19/h2-12,20H,13H2,1H3/t20-/m1/s1. The fraction of sp³-hybridized carbons (Fsp3) is 0.143. The van der Waals surface area contributed by atoms with Crippen LogP contribution in [0.4, 0.5) is 4.39 Å². The van der Waals surface area contributed by atoms with Gasteiger partial charge in [-0.3, -0.25) is 14.7 Å². The van der Waals surface area contributed by atoms with Crippen molar-refractivity contribution in [1.29, 1.82) is 0 Å². The number of benzene rings is 3. The van der Waals surface area contributed by atoms with E-state index in [0.29, 0.717) is 16.7 Å². The molecule has 0 fully saturated rings. The zero-order valence-electron chi connectivity index (χ0n) is 15.5. The van der Waals surface area contributed by atoms with E-state index < -0.39 is 5.25 Å². The fourth-order valence-corrected chi connectivity index (χ4v) is 4.51. The van der Waals surface area contributed by atoms with Gasteiger partial charge in [0.25, 0.3) is 0 Å². The Kier molecular flexibility index (Phi) is 5.26. The summed E-state index contributed by atoms with van der Waals surface area (Å²) >= 11 is 1.29. The van der Waals surface area contributed by atoms with E-state index >= 15 is 0 Å². The maximum atomic E-state index is 13.3. The molecule has 1 aromatic heterocycles. The Labute approximate surface area is 170 Å². The molecular formula is C21H17FN4O2S. The zero-order chi connectivity index (χ0) is 20.4. The van der Waals surface area contributed by atoms with Gasteiger partial charge in [-0.15, -0.1) is 10.2 Å². The molecule has 29 heavy (non-hydrogen) atoms. The van der Waals surface area contributed by atoms with E-state index in [4.69, 9.17) is 0 Å². The lowest BCUT2D eigenvalue weighted by Gasteiger charge is -2.16. The van der Waals surface area contributed by atoms with Gasteiger partial charge in [-0.05, 0) is 47.5 Å². The second-order valence-electron chi connectivity index (χ2n) is 6.53. The third-order valence-electron chi connectivity index (χ3n) is 4.61. The monoisotopic (exact) mass is 408 g/mol. The first-order valence-electron chi connectivity index (χ1n) is 8.97. The highest BCUT2D eigenvalue weighted by Crippen LogP contribution is 2.38. The molecule has 0 saturated heterocycles. The van der Waals surface area contributed by atoms with Crippen LogP contribution in [0.5, 0.6) is 0 Å². The Morgan fingerprint density at radius 1 is 1.07 bits per heavy atom. The highest BCUT2D eigenvalue weighted by molar-refractivity contribution is 7.99. The summed E-state index contributed by atoms with van der Waals surface area (Å²) in [5.74, 6) is 0.285. The van der Waals surface area contributed by atoms with Crippen molar-refractivity contribution in [2.75, 3.05) is 6.54 Å². The summed E-state index contributed by atoms with van der Waals surface area (Å²) < 4.78 is 15.1. The summed E-state index contributed by atoms with van der Waals surface area (Å²) in [4.78, 5) is 11.1. The van der Waals surface area contributed by atoms with Crippen molar-refractivity contribution in [3.8, 4) is 5.69 Å². The van der Waals surface area contributed by atoms with Gasteiger partial charge in [0.15, 0.2) is 5.16 Å². The predicted molar refractivity (Wildman–Crippen MR) is 110 cm³/mol. The number of hydrogen-bond acceptors (Lipinski definition) is 5. The van der Waals surface area contributed by atoms with E-state index in [-0.39, 0.29) is 17.3 Å². The van der Waals surface area contributed by atoms with Crippen molar-refractivity contribution in [2.45, 2.75) is 17.3 Å². The van der Waals surface area contributed by atoms with Crippen LogP contribution in [0.3, 0.4) is 0 Å². The Hall–Kier alpha value is -3.26. The molecule has 4 rings (SSSR count). The molecule has 0 amide bonds. The smallest absolute Gasteiger partial charge is 0.220 e. The zero-order valence-corrected chi connectivity index (χ0v) is 16.3. The van der Waals surface area contributed by atoms with Crippen LogP contribution in [0.1, 0.15) is 16.6 Å². The minimum atomic E-state index is -0.459. The van der Waals surface area contributed by atoms with Crippen molar-refractivity contribution in [3.05, 3.63) is 94.0 Å². The fourth-order valence-electron chi connectivity index (χ4n) is 3.30. The van der Waals surface area contributed by atoms with Gasteiger partial charge in [0.05, 0.1) is 0 Å². The van der Waals surface area contributed by atoms with Gasteiger partial charge in [-0.1, -0.05) is 54.2 Å². The first-order valence-corrected chi connectivity index (χ1v) is 9.85. The van der Waals surface area contributed by atoms with E-state index in [2.05, 4.69) is 10.2 Å². The summed E-state index contributed by atoms with van der Waals surface area (Å²) in [6.07, 6.45) is 0. The molecule has 0 aliphatic carbocycles. The summed E-state index contributed by atoms with van der Waals surface area (Å²) in [6, 6.07) is 19.6.